The van der Waals surface area contributed by atoms with Crippen LogP contribution in [0.3, 0.4) is 0 Å². The molecule has 0 aliphatic carbocycles. The van der Waals surface area contributed by atoms with E-state index >= 15 is 0 Å². The smallest absolute Gasteiger partial charge is 0.269 e. The van der Waals surface area contributed by atoms with E-state index in [0.29, 0.717) is 13.1 Å². The highest BCUT2D eigenvalue weighted by Crippen LogP contribution is 2.12. The first-order chi connectivity index (χ1) is 10.7. The van der Waals surface area contributed by atoms with Gasteiger partial charge >= 0.3 is 0 Å². The minimum atomic E-state index is -0.405. The Balaban J connectivity index is 2.57. The fraction of sp³-hybridized carbons (Fsp3) is 0.400. The summed E-state index contributed by atoms with van der Waals surface area (Å²) in [6.45, 7) is 5.62. The number of non-ortho nitro benzene ring substituents is 1. The summed E-state index contributed by atoms with van der Waals surface area (Å²) < 4.78 is 0. The second-order valence-electron chi connectivity index (χ2n) is 4.53. The van der Waals surface area contributed by atoms with E-state index in [1.54, 1.807) is 18.2 Å². The molecule has 1 rings (SSSR count). The van der Waals surface area contributed by atoms with Gasteiger partial charge in [0.25, 0.3) is 5.69 Å². The van der Waals surface area contributed by atoms with E-state index in [4.69, 9.17) is 0 Å². The lowest BCUT2D eigenvalue weighted by Gasteiger charge is -2.11. The number of guanidine groups is 1. The van der Waals surface area contributed by atoms with E-state index in [9.17, 15) is 10.1 Å². The van der Waals surface area contributed by atoms with Gasteiger partial charge in [-0.15, -0.1) is 6.58 Å². The van der Waals surface area contributed by atoms with Crippen molar-refractivity contribution in [3.05, 3.63) is 52.6 Å². The van der Waals surface area contributed by atoms with Crippen molar-refractivity contribution < 1.29 is 4.92 Å². The summed E-state index contributed by atoms with van der Waals surface area (Å²) in [5.74, 6) is 1.82. The molecule has 1 aromatic rings. The van der Waals surface area contributed by atoms with Gasteiger partial charge in [0.05, 0.1) is 11.5 Å². The van der Waals surface area contributed by atoms with Gasteiger partial charge in [0.2, 0.25) is 0 Å². The maximum absolute atomic E-state index is 10.6. The molecule has 22 heavy (non-hydrogen) atoms. The van der Waals surface area contributed by atoms with Crippen LogP contribution in [0.4, 0.5) is 5.69 Å². The van der Waals surface area contributed by atoms with Crippen LogP contribution < -0.4 is 10.6 Å². The Morgan fingerprint density at radius 2 is 2.14 bits per heavy atom. The Labute approximate surface area is 135 Å². The molecule has 0 aromatic heterocycles. The van der Waals surface area contributed by atoms with Crippen molar-refractivity contribution in [2.45, 2.75) is 13.0 Å². The molecule has 2 N–H and O–H groups in total. The van der Waals surface area contributed by atoms with Crippen molar-refractivity contribution in [1.29, 1.82) is 0 Å². The maximum Gasteiger partial charge on any atom is 0.269 e. The van der Waals surface area contributed by atoms with Crippen LogP contribution in [-0.2, 0) is 6.54 Å². The molecule has 0 fully saturated rings. The predicted molar refractivity (Wildman–Crippen MR) is 93.4 cm³/mol. The van der Waals surface area contributed by atoms with Crippen LogP contribution >= 0.6 is 11.8 Å². The lowest BCUT2D eigenvalue weighted by atomic mass is 10.2. The standard InChI is InChI=1S/C15H22N4O2S/c1-3-9-16-15(17-10-4-11-22-2)18-12-13-5-7-14(8-6-13)19(20)21/h3,5-8H,1,4,9-12H2,2H3,(H2,16,17,18). The molecule has 0 bridgehead atoms. The van der Waals surface area contributed by atoms with Gasteiger partial charge in [0, 0.05) is 25.2 Å². The third-order valence-corrected chi connectivity index (χ3v) is 3.50. The first kappa shape index (κ1) is 18.0. The number of aliphatic imine (C=N–C) groups is 1. The molecular formula is C15H22N4O2S. The van der Waals surface area contributed by atoms with Crippen LogP contribution in [0.5, 0.6) is 0 Å². The molecule has 0 heterocycles. The number of nitro groups is 1. The summed E-state index contributed by atoms with van der Waals surface area (Å²) in [5, 5.41) is 17.0. The summed E-state index contributed by atoms with van der Waals surface area (Å²) in [7, 11) is 0. The summed E-state index contributed by atoms with van der Waals surface area (Å²) in [6, 6.07) is 6.43. The van der Waals surface area contributed by atoms with Gasteiger partial charge in [-0.1, -0.05) is 18.2 Å². The van der Waals surface area contributed by atoms with Crippen LogP contribution in [0.2, 0.25) is 0 Å². The van der Waals surface area contributed by atoms with E-state index in [1.165, 1.54) is 12.1 Å². The monoisotopic (exact) mass is 322 g/mol. The lowest BCUT2D eigenvalue weighted by molar-refractivity contribution is -0.384. The average molecular weight is 322 g/mol. The van der Waals surface area contributed by atoms with Gasteiger partial charge in [0.15, 0.2) is 5.96 Å². The van der Waals surface area contributed by atoms with E-state index in [1.807, 2.05) is 11.8 Å². The first-order valence-electron chi connectivity index (χ1n) is 7.02. The lowest BCUT2D eigenvalue weighted by Crippen LogP contribution is -2.38. The van der Waals surface area contributed by atoms with Gasteiger partial charge < -0.3 is 10.6 Å². The van der Waals surface area contributed by atoms with Crippen molar-refractivity contribution in [3.8, 4) is 0 Å². The fourth-order valence-corrected chi connectivity index (χ4v) is 2.09. The second kappa shape index (κ2) is 10.7. The molecule has 120 valence electrons. The van der Waals surface area contributed by atoms with Crippen molar-refractivity contribution >= 4 is 23.4 Å². The molecule has 1 aromatic carbocycles. The summed E-state index contributed by atoms with van der Waals surface area (Å²) in [6.07, 6.45) is 4.91. The predicted octanol–water partition coefficient (Wildman–Crippen LogP) is 2.57. The van der Waals surface area contributed by atoms with Gasteiger partial charge in [-0.2, -0.15) is 11.8 Å². The quantitative estimate of drug-likeness (QED) is 0.182. The van der Waals surface area contributed by atoms with Gasteiger partial charge in [0.1, 0.15) is 0 Å². The van der Waals surface area contributed by atoms with Crippen molar-refractivity contribution in [3.63, 3.8) is 0 Å². The number of nitrogens with zero attached hydrogens (tertiary/aromatic N) is 2. The molecule has 0 saturated carbocycles. The molecule has 0 unspecified atom stereocenters. The number of rotatable bonds is 9. The summed E-state index contributed by atoms with van der Waals surface area (Å²) in [5.41, 5.74) is 1.02. The van der Waals surface area contributed by atoms with Gasteiger partial charge in [-0.05, 0) is 24.0 Å². The van der Waals surface area contributed by atoms with E-state index in [-0.39, 0.29) is 5.69 Å². The number of hydrogen-bond acceptors (Lipinski definition) is 4. The molecule has 0 amide bonds. The molecule has 0 aliphatic rings. The summed E-state index contributed by atoms with van der Waals surface area (Å²) in [4.78, 5) is 14.7. The Bertz CT molecular complexity index is 503. The third-order valence-electron chi connectivity index (χ3n) is 2.80. The molecule has 0 aliphatic heterocycles. The molecule has 0 spiro atoms. The van der Waals surface area contributed by atoms with E-state index in [2.05, 4.69) is 28.5 Å². The minimum Gasteiger partial charge on any atom is -0.356 e. The van der Waals surface area contributed by atoms with Crippen molar-refractivity contribution in [1.82, 2.24) is 10.6 Å². The third kappa shape index (κ3) is 7.12. The van der Waals surface area contributed by atoms with Crippen LogP contribution in [0.25, 0.3) is 0 Å². The average Bonchev–Trinajstić information content (AvgIpc) is 2.53. The molecule has 7 heteroatoms. The SMILES string of the molecule is C=CCNC(=NCc1ccc([N+](=O)[O-])cc1)NCCCSC. The van der Waals surface area contributed by atoms with Crippen molar-refractivity contribution in [2.75, 3.05) is 25.1 Å². The highest BCUT2D eigenvalue weighted by molar-refractivity contribution is 7.98. The molecule has 0 saturated heterocycles. The number of nitrogens with one attached hydrogen (secondary N) is 2. The second-order valence-corrected chi connectivity index (χ2v) is 5.52. The highest BCUT2D eigenvalue weighted by atomic mass is 32.2. The largest absolute Gasteiger partial charge is 0.356 e. The number of nitro benzene ring substituents is 1. The number of thioether (sulfide) groups is 1. The van der Waals surface area contributed by atoms with Crippen LogP contribution in [0, 0.1) is 10.1 Å². The zero-order chi connectivity index (χ0) is 16.2. The van der Waals surface area contributed by atoms with Crippen LogP contribution in [-0.4, -0.2) is 36.0 Å². The van der Waals surface area contributed by atoms with Gasteiger partial charge in [-0.3, -0.25) is 10.1 Å². The zero-order valence-electron chi connectivity index (χ0n) is 12.7. The molecular weight excluding hydrogens is 300 g/mol. The first-order valence-corrected chi connectivity index (χ1v) is 8.42. The number of benzene rings is 1. The normalized spacial score (nSPS) is 11.0. The highest BCUT2D eigenvalue weighted by Gasteiger charge is 2.03. The fourth-order valence-electron chi connectivity index (χ4n) is 1.66. The van der Waals surface area contributed by atoms with Crippen molar-refractivity contribution in [2.24, 2.45) is 4.99 Å². The maximum atomic E-state index is 10.6. The topological polar surface area (TPSA) is 79.6 Å². The Hall–Kier alpha value is -2.02. The molecule has 0 radical (unpaired) electrons. The Kier molecular flexibility index (Phi) is 8.74. The van der Waals surface area contributed by atoms with Crippen LogP contribution in [0.15, 0.2) is 41.9 Å². The minimum absolute atomic E-state index is 0.0907. The van der Waals surface area contributed by atoms with Crippen LogP contribution in [0.1, 0.15) is 12.0 Å². The van der Waals surface area contributed by atoms with E-state index < -0.39 is 4.92 Å². The number of hydrogen-bond donors (Lipinski definition) is 2. The Morgan fingerprint density at radius 3 is 2.73 bits per heavy atom. The summed E-state index contributed by atoms with van der Waals surface area (Å²) >= 11 is 1.81. The zero-order valence-corrected chi connectivity index (χ0v) is 13.6. The van der Waals surface area contributed by atoms with Gasteiger partial charge in [-0.25, -0.2) is 4.99 Å². The molecule has 6 nitrogen and oxygen atoms in total. The van der Waals surface area contributed by atoms with E-state index in [0.717, 1.165) is 30.2 Å². The Morgan fingerprint density at radius 1 is 1.41 bits per heavy atom. The molecule has 0 atom stereocenters.